The molecule has 0 aromatic rings. The first-order chi connectivity index (χ1) is 5.10. The molecule has 11 heavy (non-hydrogen) atoms. The normalized spacial score (nSPS) is 27.5. The zero-order valence-electron chi connectivity index (χ0n) is 7.64. The van der Waals surface area contributed by atoms with E-state index in [-0.39, 0.29) is 5.60 Å². The van der Waals surface area contributed by atoms with Crippen molar-refractivity contribution in [3.63, 3.8) is 0 Å². The van der Waals surface area contributed by atoms with Crippen LogP contribution < -0.4 is 0 Å². The Morgan fingerprint density at radius 2 is 1.64 bits per heavy atom. The van der Waals surface area contributed by atoms with Gasteiger partial charge >= 0.3 is 0 Å². The van der Waals surface area contributed by atoms with Gasteiger partial charge in [-0.3, -0.25) is 0 Å². The average molecular weight is 157 g/mol. The maximum Gasteiger partial charge on any atom is 0.0620 e. The van der Waals surface area contributed by atoms with Crippen molar-refractivity contribution in [1.29, 1.82) is 0 Å². The van der Waals surface area contributed by atoms with Gasteiger partial charge in [0.15, 0.2) is 0 Å². The van der Waals surface area contributed by atoms with Gasteiger partial charge in [0.05, 0.1) is 5.60 Å². The van der Waals surface area contributed by atoms with Gasteiger partial charge < -0.3 is 10.0 Å². The molecule has 2 nitrogen and oxygen atoms in total. The Bertz CT molecular complexity index is 111. The molecule has 1 rings (SSSR count). The zero-order chi connectivity index (χ0) is 8.32. The summed E-state index contributed by atoms with van der Waals surface area (Å²) in [6.07, 6.45) is 4.17. The second-order valence-electron chi connectivity index (χ2n) is 4.01. The number of rotatable bonds is 0. The number of hydrogen-bond donors (Lipinski definition) is 1. The van der Waals surface area contributed by atoms with Crippen molar-refractivity contribution in [2.24, 2.45) is 0 Å². The topological polar surface area (TPSA) is 23.5 Å². The summed E-state index contributed by atoms with van der Waals surface area (Å²) < 4.78 is 0. The molecule has 0 unspecified atom stereocenters. The Kier molecular flexibility index (Phi) is 2.90. The molecule has 0 spiro atoms. The van der Waals surface area contributed by atoms with Crippen LogP contribution in [0.15, 0.2) is 0 Å². The van der Waals surface area contributed by atoms with Crippen LogP contribution in [0.5, 0.6) is 0 Å². The van der Waals surface area contributed by atoms with Crippen LogP contribution in [0, 0.1) is 0 Å². The second kappa shape index (κ2) is 3.55. The average Bonchev–Trinajstić information content (AvgIpc) is 1.83. The molecule has 0 radical (unpaired) electrons. The van der Waals surface area contributed by atoms with Crippen molar-refractivity contribution < 1.29 is 5.11 Å². The fraction of sp³-hybridized carbons (Fsp3) is 1.00. The number of hydrogen-bond acceptors (Lipinski definition) is 2. The third kappa shape index (κ3) is 3.21. The molecule has 1 aliphatic rings. The van der Waals surface area contributed by atoms with Crippen molar-refractivity contribution >= 4 is 0 Å². The van der Waals surface area contributed by atoms with Crippen LogP contribution in [0.1, 0.15) is 32.6 Å². The molecule has 0 atom stereocenters. The van der Waals surface area contributed by atoms with Crippen molar-refractivity contribution in [1.82, 2.24) is 4.90 Å². The predicted molar refractivity (Wildman–Crippen MR) is 46.6 cm³/mol. The van der Waals surface area contributed by atoms with Gasteiger partial charge in [-0.1, -0.05) is 0 Å². The summed E-state index contributed by atoms with van der Waals surface area (Å²) in [6, 6.07) is 0. The smallest absolute Gasteiger partial charge is 0.0620 e. The fourth-order valence-corrected chi connectivity index (χ4v) is 1.70. The number of aliphatic hydroxyl groups is 1. The lowest BCUT2D eigenvalue weighted by Gasteiger charge is -2.28. The molecule has 1 saturated heterocycles. The first kappa shape index (κ1) is 9.01. The summed E-state index contributed by atoms with van der Waals surface area (Å²) in [5, 5.41) is 9.75. The van der Waals surface area contributed by atoms with Gasteiger partial charge in [-0.15, -0.1) is 0 Å². The summed E-state index contributed by atoms with van der Waals surface area (Å²) in [5.74, 6) is 0. The summed E-state index contributed by atoms with van der Waals surface area (Å²) >= 11 is 0. The molecular formula is C9H19NO. The molecule has 1 heterocycles. The quantitative estimate of drug-likeness (QED) is 0.572. The standard InChI is InChI=1S/C9H19NO/c1-9(11)5-3-7-10(2)8-4-6-9/h11H,3-8H2,1-2H3. The zero-order valence-corrected chi connectivity index (χ0v) is 7.64. The van der Waals surface area contributed by atoms with Gasteiger partial charge in [0.25, 0.3) is 0 Å². The molecule has 0 aliphatic carbocycles. The van der Waals surface area contributed by atoms with E-state index in [0.29, 0.717) is 0 Å². The second-order valence-corrected chi connectivity index (χ2v) is 4.01. The van der Waals surface area contributed by atoms with Crippen molar-refractivity contribution in [3.8, 4) is 0 Å². The Balaban J connectivity index is 2.35. The molecule has 0 saturated carbocycles. The van der Waals surface area contributed by atoms with Crippen LogP contribution in [0.3, 0.4) is 0 Å². The van der Waals surface area contributed by atoms with Gasteiger partial charge in [0, 0.05) is 0 Å². The maximum absolute atomic E-state index is 9.75. The lowest BCUT2D eigenvalue weighted by molar-refractivity contribution is 0.0260. The van der Waals surface area contributed by atoms with E-state index in [1.165, 1.54) is 0 Å². The van der Waals surface area contributed by atoms with Crippen molar-refractivity contribution in [2.75, 3.05) is 20.1 Å². The predicted octanol–water partition coefficient (Wildman–Crippen LogP) is 1.24. The first-order valence-corrected chi connectivity index (χ1v) is 4.51. The van der Waals surface area contributed by atoms with Crippen LogP contribution in [0.25, 0.3) is 0 Å². The molecule has 1 N–H and O–H groups in total. The van der Waals surface area contributed by atoms with Gasteiger partial charge in [-0.25, -0.2) is 0 Å². The Labute approximate surface area is 69.2 Å². The van der Waals surface area contributed by atoms with E-state index < -0.39 is 0 Å². The molecule has 1 fully saturated rings. The molecule has 0 amide bonds. The highest BCUT2D eigenvalue weighted by Crippen LogP contribution is 2.20. The lowest BCUT2D eigenvalue weighted by Crippen LogP contribution is -2.32. The van der Waals surface area contributed by atoms with Gasteiger partial charge in [0.2, 0.25) is 0 Å². The largest absolute Gasteiger partial charge is 0.390 e. The fourth-order valence-electron chi connectivity index (χ4n) is 1.70. The number of nitrogens with zero attached hydrogens (tertiary/aromatic N) is 1. The highest BCUT2D eigenvalue weighted by molar-refractivity contribution is 4.75. The summed E-state index contributed by atoms with van der Waals surface area (Å²) in [7, 11) is 2.15. The Hall–Kier alpha value is -0.0800. The minimum Gasteiger partial charge on any atom is -0.390 e. The monoisotopic (exact) mass is 157 g/mol. The molecule has 0 aromatic heterocycles. The van der Waals surface area contributed by atoms with E-state index in [2.05, 4.69) is 11.9 Å². The molecular weight excluding hydrogens is 138 g/mol. The van der Waals surface area contributed by atoms with E-state index in [4.69, 9.17) is 0 Å². The SMILES string of the molecule is CN1CCCC(C)(O)CCC1. The minimum absolute atomic E-state index is 0.388. The van der Waals surface area contributed by atoms with Crippen LogP contribution in [0.4, 0.5) is 0 Å². The van der Waals surface area contributed by atoms with Gasteiger partial charge in [0.1, 0.15) is 0 Å². The lowest BCUT2D eigenvalue weighted by atomic mass is 9.93. The van der Waals surface area contributed by atoms with E-state index >= 15 is 0 Å². The molecule has 0 aromatic carbocycles. The van der Waals surface area contributed by atoms with E-state index in [9.17, 15) is 5.11 Å². The molecule has 2 heteroatoms. The van der Waals surface area contributed by atoms with E-state index in [0.717, 1.165) is 38.8 Å². The van der Waals surface area contributed by atoms with Crippen molar-refractivity contribution in [3.05, 3.63) is 0 Å². The highest BCUT2D eigenvalue weighted by Gasteiger charge is 2.21. The van der Waals surface area contributed by atoms with Crippen LogP contribution >= 0.6 is 0 Å². The van der Waals surface area contributed by atoms with Crippen molar-refractivity contribution in [2.45, 2.75) is 38.2 Å². The van der Waals surface area contributed by atoms with E-state index in [1.807, 2.05) is 6.92 Å². The van der Waals surface area contributed by atoms with E-state index in [1.54, 1.807) is 0 Å². The summed E-state index contributed by atoms with van der Waals surface area (Å²) in [4.78, 5) is 2.34. The minimum atomic E-state index is -0.388. The summed E-state index contributed by atoms with van der Waals surface area (Å²) in [6.45, 7) is 4.23. The van der Waals surface area contributed by atoms with Crippen LogP contribution in [-0.2, 0) is 0 Å². The highest BCUT2D eigenvalue weighted by atomic mass is 16.3. The van der Waals surface area contributed by atoms with Gasteiger partial charge in [-0.05, 0) is 52.7 Å². The van der Waals surface area contributed by atoms with Crippen LogP contribution in [-0.4, -0.2) is 35.7 Å². The summed E-state index contributed by atoms with van der Waals surface area (Å²) in [5.41, 5.74) is -0.388. The first-order valence-electron chi connectivity index (χ1n) is 4.51. The Morgan fingerprint density at radius 1 is 1.18 bits per heavy atom. The third-order valence-electron chi connectivity index (χ3n) is 2.51. The molecule has 1 aliphatic heterocycles. The molecule has 66 valence electrons. The third-order valence-corrected chi connectivity index (χ3v) is 2.51. The molecule has 0 bridgehead atoms. The maximum atomic E-state index is 9.75. The van der Waals surface area contributed by atoms with Crippen LogP contribution in [0.2, 0.25) is 0 Å². The number of likely N-dealkylation sites (tertiary alicyclic amines) is 1. The van der Waals surface area contributed by atoms with Gasteiger partial charge in [-0.2, -0.15) is 0 Å². The Morgan fingerprint density at radius 3 is 2.09 bits per heavy atom.